The molecule has 1 rings (SSSR count). The van der Waals surface area contributed by atoms with Crippen molar-refractivity contribution >= 4 is 11.9 Å². The highest BCUT2D eigenvalue weighted by Gasteiger charge is 2.36. The lowest BCUT2D eigenvalue weighted by Crippen LogP contribution is -2.57. The summed E-state index contributed by atoms with van der Waals surface area (Å²) in [6.45, 7) is 2.09. The molecule has 0 aromatic rings. The van der Waals surface area contributed by atoms with E-state index in [4.69, 9.17) is 15.9 Å². The first-order valence-corrected chi connectivity index (χ1v) is 5.90. The molecule has 1 fully saturated rings. The molecule has 0 saturated heterocycles. The quantitative estimate of drug-likeness (QED) is 0.390. The third kappa shape index (κ3) is 3.12. The van der Waals surface area contributed by atoms with Gasteiger partial charge in [-0.15, -0.1) is 0 Å². The molecule has 1 saturated carbocycles. The van der Waals surface area contributed by atoms with Gasteiger partial charge in [-0.2, -0.15) is 0 Å². The zero-order chi connectivity index (χ0) is 12.0. The van der Waals surface area contributed by atoms with Crippen LogP contribution in [0.15, 0.2) is 0 Å². The summed E-state index contributed by atoms with van der Waals surface area (Å²) in [4.78, 5) is 11.4. The number of nitrogens with one attached hydrogen (secondary N) is 2. The molecule has 1 aliphatic carbocycles. The summed E-state index contributed by atoms with van der Waals surface area (Å²) in [5, 5.41) is 10.4. The monoisotopic (exact) mass is 227 g/mol. The number of rotatable bonds is 3. The molecule has 0 unspecified atom stereocenters. The van der Waals surface area contributed by atoms with Crippen molar-refractivity contribution < 1.29 is 9.53 Å². The minimum atomic E-state index is -0.678. The van der Waals surface area contributed by atoms with E-state index in [0.29, 0.717) is 6.61 Å². The van der Waals surface area contributed by atoms with Gasteiger partial charge in [0.05, 0.1) is 12.1 Å². The maximum Gasteiger partial charge on any atom is 0.407 e. The van der Waals surface area contributed by atoms with Crippen LogP contribution in [-0.2, 0) is 4.74 Å². The number of hydrogen-bond acceptors (Lipinski definition) is 3. The second kappa shape index (κ2) is 5.72. The molecule has 0 atom stereocenters. The second-order valence-electron chi connectivity index (χ2n) is 4.26. The fraction of sp³-hybridized carbons (Fsp3) is 0.818. The first-order valence-electron chi connectivity index (χ1n) is 5.90. The molecule has 4 N–H and O–H groups in total. The van der Waals surface area contributed by atoms with E-state index in [-0.39, 0.29) is 5.84 Å². The summed E-state index contributed by atoms with van der Waals surface area (Å²) in [6.07, 6.45) is 5.26. The van der Waals surface area contributed by atoms with Gasteiger partial charge in [0.1, 0.15) is 5.84 Å². The van der Waals surface area contributed by atoms with E-state index in [1.165, 1.54) is 0 Å². The van der Waals surface area contributed by atoms with Crippen LogP contribution in [0.1, 0.15) is 45.4 Å². The van der Waals surface area contributed by atoms with E-state index in [2.05, 4.69) is 5.32 Å². The highest BCUT2D eigenvalue weighted by atomic mass is 16.5. The molecule has 92 valence electrons. The van der Waals surface area contributed by atoms with E-state index in [0.717, 1.165) is 38.5 Å². The van der Waals surface area contributed by atoms with Gasteiger partial charge in [0.2, 0.25) is 0 Å². The summed E-state index contributed by atoms with van der Waals surface area (Å²) in [7, 11) is 0. The summed E-state index contributed by atoms with van der Waals surface area (Å²) < 4.78 is 4.86. The highest BCUT2D eigenvalue weighted by molar-refractivity contribution is 5.90. The van der Waals surface area contributed by atoms with Crippen molar-refractivity contribution in [3.8, 4) is 0 Å². The Labute approximate surface area is 96.2 Å². The van der Waals surface area contributed by atoms with E-state index in [1.807, 2.05) is 0 Å². The van der Waals surface area contributed by atoms with Gasteiger partial charge < -0.3 is 15.8 Å². The van der Waals surface area contributed by atoms with E-state index < -0.39 is 11.6 Å². The highest BCUT2D eigenvalue weighted by Crippen LogP contribution is 2.27. The molecule has 0 aromatic carbocycles. The van der Waals surface area contributed by atoms with Gasteiger partial charge >= 0.3 is 6.09 Å². The van der Waals surface area contributed by atoms with Crippen molar-refractivity contribution in [1.82, 2.24) is 5.32 Å². The van der Waals surface area contributed by atoms with Crippen LogP contribution >= 0.6 is 0 Å². The zero-order valence-corrected chi connectivity index (χ0v) is 9.84. The normalized spacial score (nSPS) is 19.6. The lowest BCUT2D eigenvalue weighted by Gasteiger charge is -2.32. The molecule has 16 heavy (non-hydrogen) atoms. The van der Waals surface area contributed by atoms with Gasteiger partial charge in [-0.1, -0.05) is 25.7 Å². The predicted octanol–water partition coefficient (Wildman–Crippen LogP) is 1.76. The SMILES string of the molecule is CCOC(=O)NC1(C(=N)N)CCCCCC1. The molecule has 1 aliphatic rings. The Bertz CT molecular complexity index is 258. The van der Waals surface area contributed by atoms with Gasteiger partial charge in [-0.3, -0.25) is 5.41 Å². The molecule has 0 bridgehead atoms. The molecule has 0 heterocycles. The first-order chi connectivity index (χ1) is 7.60. The Morgan fingerprint density at radius 1 is 1.38 bits per heavy atom. The van der Waals surface area contributed by atoms with Gasteiger partial charge in [0.25, 0.3) is 0 Å². The molecule has 0 radical (unpaired) electrons. The largest absolute Gasteiger partial charge is 0.450 e. The molecule has 1 amide bonds. The van der Waals surface area contributed by atoms with E-state index in [1.54, 1.807) is 6.92 Å². The number of carbonyl (C=O) groups is 1. The number of ether oxygens (including phenoxy) is 1. The Kier molecular flexibility index (Phi) is 4.58. The van der Waals surface area contributed by atoms with Crippen LogP contribution in [0.2, 0.25) is 0 Å². The van der Waals surface area contributed by atoms with Crippen molar-refractivity contribution in [3.05, 3.63) is 0 Å². The van der Waals surface area contributed by atoms with Gasteiger partial charge in [0.15, 0.2) is 0 Å². The third-order valence-electron chi connectivity index (χ3n) is 3.09. The number of amides is 1. The van der Waals surface area contributed by atoms with Crippen LogP contribution in [0.4, 0.5) is 4.79 Å². The number of amidine groups is 1. The minimum Gasteiger partial charge on any atom is -0.450 e. The minimum absolute atomic E-state index is 0.0439. The smallest absolute Gasteiger partial charge is 0.407 e. The van der Waals surface area contributed by atoms with Gasteiger partial charge in [-0.25, -0.2) is 4.79 Å². The standard InChI is InChI=1S/C11H21N3O2/c1-2-16-10(15)14-11(9(12)13)7-5-3-4-6-8-11/h2-8H2,1H3,(H3,12,13)(H,14,15). The van der Waals surface area contributed by atoms with Crippen LogP contribution in [0.25, 0.3) is 0 Å². The fourth-order valence-corrected chi connectivity index (χ4v) is 2.16. The average molecular weight is 227 g/mol. The number of hydrogen-bond donors (Lipinski definition) is 3. The number of carbonyl (C=O) groups excluding carboxylic acids is 1. The Hall–Kier alpha value is -1.26. The molecular formula is C11H21N3O2. The molecule has 0 aromatic heterocycles. The van der Waals surface area contributed by atoms with E-state index in [9.17, 15) is 4.79 Å². The topological polar surface area (TPSA) is 88.2 Å². The van der Waals surface area contributed by atoms with E-state index >= 15 is 0 Å². The summed E-state index contributed by atoms with van der Waals surface area (Å²) >= 11 is 0. The molecule has 0 aliphatic heterocycles. The summed E-state index contributed by atoms with van der Waals surface area (Å²) in [5.74, 6) is 0.0439. The Morgan fingerprint density at radius 3 is 2.38 bits per heavy atom. The summed E-state index contributed by atoms with van der Waals surface area (Å²) in [5.41, 5.74) is 4.95. The summed E-state index contributed by atoms with van der Waals surface area (Å²) in [6, 6.07) is 0. The maximum absolute atomic E-state index is 11.4. The fourth-order valence-electron chi connectivity index (χ4n) is 2.16. The average Bonchev–Trinajstić information content (AvgIpc) is 2.44. The first kappa shape index (κ1) is 12.8. The Morgan fingerprint density at radius 2 is 1.94 bits per heavy atom. The predicted molar refractivity (Wildman–Crippen MR) is 62.5 cm³/mol. The second-order valence-corrected chi connectivity index (χ2v) is 4.26. The number of alkyl carbamates (subject to hydrolysis) is 1. The zero-order valence-electron chi connectivity index (χ0n) is 9.84. The van der Waals surface area contributed by atoms with Crippen molar-refractivity contribution in [1.29, 1.82) is 5.41 Å². The van der Waals surface area contributed by atoms with Gasteiger partial charge in [-0.05, 0) is 19.8 Å². The lowest BCUT2D eigenvalue weighted by molar-refractivity contribution is 0.142. The third-order valence-corrected chi connectivity index (χ3v) is 3.09. The number of nitrogens with two attached hydrogens (primary N) is 1. The molecule has 5 heteroatoms. The Balaban J connectivity index is 2.70. The van der Waals surface area contributed by atoms with Crippen LogP contribution < -0.4 is 11.1 Å². The van der Waals surface area contributed by atoms with Gasteiger partial charge in [0, 0.05) is 0 Å². The molecule has 5 nitrogen and oxygen atoms in total. The van der Waals surface area contributed by atoms with Crippen LogP contribution in [-0.4, -0.2) is 24.1 Å². The maximum atomic E-state index is 11.4. The van der Waals surface area contributed by atoms with Crippen LogP contribution in [0.3, 0.4) is 0 Å². The van der Waals surface area contributed by atoms with Crippen molar-refractivity contribution in [2.75, 3.05) is 6.61 Å². The lowest BCUT2D eigenvalue weighted by atomic mass is 9.89. The van der Waals surface area contributed by atoms with Crippen molar-refractivity contribution in [2.45, 2.75) is 51.0 Å². The van der Waals surface area contributed by atoms with Crippen molar-refractivity contribution in [2.24, 2.45) is 5.73 Å². The van der Waals surface area contributed by atoms with Crippen LogP contribution in [0, 0.1) is 5.41 Å². The molecular weight excluding hydrogens is 206 g/mol. The molecule has 0 spiro atoms. The van der Waals surface area contributed by atoms with Crippen LogP contribution in [0.5, 0.6) is 0 Å². The van der Waals surface area contributed by atoms with Crippen molar-refractivity contribution in [3.63, 3.8) is 0 Å².